The molecule has 0 saturated carbocycles. The maximum absolute atomic E-state index is 11.0. The van der Waals surface area contributed by atoms with Crippen molar-refractivity contribution in [1.29, 1.82) is 0 Å². The molecule has 0 aliphatic rings. The first-order valence-corrected chi connectivity index (χ1v) is 7.74. The molecule has 0 aliphatic carbocycles. The molecule has 0 aliphatic heterocycles. The predicted molar refractivity (Wildman–Crippen MR) is 81.2 cm³/mol. The molecular weight excluding hydrogens is 308 g/mol. The Morgan fingerprint density at radius 3 is 1.65 bits per heavy atom. The molecule has 0 aromatic carbocycles. The fraction of sp³-hybridized carbons (Fsp3) is 0.867. The zero-order valence-corrected chi connectivity index (χ0v) is 14.0. The Morgan fingerprint density at radius 2 is 1.17 bits per heavy atom. The van der Waals surface area contributed by atoms with Crippen LogP contribution >= 0.6 is 0 Å². The number of carbonyl (C=O) groups is 2. The van der Waals surface area contributed by atoms with Crippen molar-refractivity contribution in [1.82, 2.24) is 0 Å². The summed E-state index contributed by atoms with van der Waals surface area (Å²) in [6.07, 6.45) is 1.23. The average molecular weight is 336 g/mol. The smallest absolute Gasteiger partial charge is 0.331 e. The molecule has 23 heavy (non-hydrogen) atoms. The summed E-state index contributed by atoms with van der Waals surface area (Å²) in [4.78, 5) is 21.8. The fourth-order valence-corrected chi connectivity index (χ4v) is 1.36. The minimum absolute atomic E-state index is 0.0680. The minimum Gasteiger partial charge on any atom is -0.467 e. The van der Waals surface area contributed by atoms with Crippen LogP contribution in [0.3, 0.4) is 0 Å². The van der Waals surface area contributed by atoms with E-state index in [1.54, 1.807) is 0 Å². The molecule has 0 fully saturated rings. The Hall–Kier alpha value is -1.22. The molecule has 0 saturated heterocycles. The van der Waals surface area contributed by atoms with Gasteiger partial charge in [-0.25, -0.2) is 4.79 Å². The summed E-state index contributed by atoms with van der Waals surface area (Å²) in [5.74, 6) is -0.603. The summed E-state index contributed by atoms with van der Waals surface area (Å²) >= 11 is 0. The molecule has 0 aromatic heterocycles. The topological polar surface area (TPSA) is 89.5 Å². The third kappa shape index (κ3) is 17.0. The van der Waals surface area contributed by atoms with Crippen LogP contribution in [0.4, 0.5) is 0 Å². The lowest BCUT2D eigenvalue weighted by atomic mass is 10.3. The highest BCUT2D eigenvalue weighted by atomic mass is 16.6. The summed E-state index contributed by atoms with van der Waals surface area (Å²) in [6, 6.07) is 0. The van der Waals surface area contributed by atoms with Gasteiger partial charge in [0.05, 0.1) is 53.4 Å². The predicted octanol–water partition coefficient (Wildman–Crippen LogP) is 0.569. The molecule has 0 unspecified atom stereocenters. The second kappa shape index (κ2) is 17.1. The lowest BCUT2D eigenvalue weighted by molar-refractivity contribution is -0.147. The standard InChI is InChI=1S/C15H28O8/c1-3-4-14(16)23-12-11-21-8-7-19-5-6-20-9-10-22-13-15(17)18-2/h3-13H2,1-2H3. The van der Waals surface area contributed by atoms with Crippen molar-refractivity contribution in [3.8, 4) is 0 Å². The number of hydrogen-bond donors (Lipinski definition) is 0. The molecule has 136 valence electrons. The molecular formula is C15H28O8. The van der Waals surface area contributed by atoms with E-state index in [9.17, 15) is 9.59 Å². The van der Waals surface area contributed by atoms with Crippen LogP contribution in [-0.4, -0.2) is 78.5 Å². The van der Waals surface area contributed by atoms with Gasteiger partial charge in [0.2, 0.25) is 0 Å². The van der Waals surface area contributed by atoms with Gasteiger partial charge in [0.1, 0.15) is 13.2 Å². The van der Waals surface area contributed by atoms with Crippen molar-refractivity contribution in [3.05, 3.63) is 0 Å². The first kappa shape index (κ1) is 21.8. The van der Waals surface area contributed by atoms with E-state index in [0.717, 1.165) is 6.42 Å². The average Bonchev–Trinajstić information content (AvgIpc) is 2.55. The number of rotatable bonds is 16. The van der Waals surface area contributed by atoms with Crippen LogP contribution < -0.4 is 0 Å². The highest BCUT2D eigenvalue weighted by Crippen LogP contribution is 1.91. The molecule has 0 atom stereocenters. The van der Waals surface area contributed by atoms with Crippen molar-refractivity contribution < 1.29 is 38.0 Å². The lowest BCUT2D eigenvalue weighted by Gasteiger charge is -2.07. The van der Waals surface area contributed by atoms with Gasteiger partial charge in [-0.1, -0.05) is 6.92 Å². The van der Waals surface area contributed by atoms with Crippen LogP contribution in [0.2, 0.25) is 0 Å². The SMILES string of the molecule is CCCC(=O)OCCOCCOCCOCCOCC(=O)OC. The number of methoxy groups -OCH3 is 1. The number of esters is 2. The van der Waals surface area contributed by atoms with Crippen molar-refractivity contribution in [2.24, 2.45) is 0 Å². The van der Waals surface area contributed by atoms with E-state index in [-0.39, 0.29) is 19.2 Å². The summed E-state index contributed by atoms with van der Waals surface area (Å²) in [7, 11) is 1.31. The van der Waals surface area contributed by atoms with E-state index < -0.39 is 5.97 Å². The largest absolute Gasteiger partial charge is 0.467 e. The molecule has 8 nitrogen and oxygen atoms in total. The van der Waals surface area contributed by atoms with Crippen molar-refractivity contribution in [3.63, 3.8) is 0 Å². The Morgan fingerprint density at radius 1 is 0.696 bits per heavy atom. The normalized spacial score (nSPS) is 10.5. The second-order valence-electron chi connectivity index (χ2n) is 4.44. The van der Waals surface area contributed by atoms with Gasteiger partial charge in [-0.05, 0) is 6.42 Å². The van der Waals surface area contributed by atoms with Gasteiger partial charge < -0.3 is 28.4 Å². The molecule has 0 heterocycles. The third-order valence-corrected chi connectivity index (χ3v) is 2.51. The monoisotopic (exact) mass is 336 g/mol. The highest BCUT2D eigenvalue weighted by Gasteiger charge is 2.00. The van der Waals surface area contributed by atoms with Crippen molar-refractivity contribution in [2.45, 2.75) is 19.8 Å². The van der Waals surface area contributed by atoms with Gasteiger partial charge in [-0.2, -0.15) is 0 Å². The molecule has 0 amide bonds. The van der Waals surface area contributed by atoms with Crippen LogP contribution in [0, 0.1) is 0 Å². The zero-order chi connectivity index (χ0) is 17.2. The molecule has 0 bridgehead atoms. The molecule has 0 spiro atoms. The van der Waals surface area contributed by atoms with Crippen molar-refractivity contribution in [2.75, 3.05) is 66.6 Å². The van der Waals surface area contributed by atoms with Crippen molar-refractivity contribution >= 4 is 11.9 Å². The number of hydrogen-bond acceptors (Lipinski definition) is 8. The number of ether oxygens (including phenoxy) is 6. The quantitative estimate of drug-likeness (QED) is 0.298. The van der Waals surface area contributed by atoms with Crippen LogP contribution in [0.25, 0.3) is 0 Å². The van der Waals surface area contributed by atoms with Gasteiger partial charge in [0.15, 0.2) is 0 Å². The van der Waals surface area contributed by atoms with Gasteiger partial charge in [0.25, 0.3) is 0 Å². The Kier molecular flexibility index (Phi) is 16.2. The van der Waals surface area contributed by atoms with E-state index >= 15 is 0 Å². The minimum atomic E-state index is -0.409. The van der Waals surface area contributed by atoms with E-state index in [1.807, 2.05) is 6.92 Å². The highest BCUT2D eigenvalue weighted by molar-refractivity contribution is 5.70. The van der Waals surface area contributed by atoms with Crippen LogP contribution in [0.1, 0.15) is 19.8 Å². The van der Waals surface area contributed by atoms with Gasteiger partial charge in [0, 0.05) is 6.42 Å². The summed E-state index contributed by atoms with van der Waals surface area (Å²) in [5.41, 5.74) is 0. The fourth-order valence-electron chi connectivity index (χ4n) is 1.36. The third-order valence-electron chi connectivity index (χ3n) is 2.51. The first-order chi connectivity index (χ1) is 11.2. The maximum Gasteiger partial charge on any atom is 0.331 e. The first-order valence-electron chi connectivity index (χ1n) is 7.74. The van der Waals surface area contributed by atoms with E-state index in [4.69, 9.17) is 23.7 Å². The number of carbonyl (C=O) groups excluding carboxylic acids is 2. The van der Waals surface area contributed by atoms with Gasteiger partial charge in [-0.15, -0.1) is 0 Å². The van der Waals surface area contributed by atoms with E-state index in [2.05, 4.69) is 4.74 Å². The molecule has 8 heteroatoms. The molecule has 0 rings (SSSR count). The molecule has 0 radical (unpaired) electrons. The Labute approximate surface area is 137 Å². The van der Waals surface area contributed by atoms with Gasteiger partial charge >= 0.3 is 11.9 Å². The maximum atomic E-state index is 11.0. The summed E-state index contributed by atoms with van der Waals surface area (Å²) < 4.78 is 30.1. The summed E-state index contributed by atoms with van der Waals surface area (Å²) in [5, 5.41) is 0. The molecule has 0 aromatic rings. The van der Waals surface area contributed by atoms with E-state index in [1.165, 1.54) is 7.11 Å². The van der Waals surface area contributed by atoms with Gasteiger partial charge in [-0.3, -0.25) is 4.79 Å². The van der Waals surface area contributed by atoms with Crippen LogP contribution in [-0.2, 0) is 38.0 Å². The van der Waals surface area contributed by atoms with Crippen LogP contribution in [0.15, 0.2) is 0 Å². The summed E-state index contributed by atoms with van der Waals surface area (Å²) in [6.45, 7) is 4.99. The molecule has 0 N–H and O–H groups in total. The Balaban J connectivity index is 3.08. The second-order valence-corrected chi connectivity index (χ2v) is 4.44. The van der Waals surface area contributed by atoms with Crippen LogP contribution in [0.5, 0.6) is 0 Å². The lowest BCUT2D eigenvalue weighted by Crippen LogP contribution is -2.15. The zero-order valence-electron chi connectivity index (χ0n) is 14.0. The Bertz CT molecular complexity index is 295. The van der Waals surface area contributed by atoms with E-state index in [0.29, 0.717) is 52.7 Å².